The molecule has 1 aliphatic rings. The van der Waals surface area contributed by atoms with Gasteiger partial charge in [-0.05, 0) is 24.6 Å². The number of urea groups is 1. The molecule has 3 rings (SSSR count). The molecule has 3 N–H and O–H groups in total. The number of aryl methyl sites for hydroxylation is 1. The van der Waals surface area contributed by atoms with Gasteiger partial charge >= 0.3 is 12.2 Å². The van der Waals surface area contributed by atoms with E-state index in [1.807, 2.05) is 0 Å². The Morgan fingerprint density at radius 1 is 1.19 bits per heavy atom. The highest BCUT2D eigenvalue weighted by atomic mass is 19.4. The van der Waals surface area contributed by atoms with Gasteiger partial charge in [0.25, 0.3) is 0 Å². The van der Waals surface area contributed by atoms with Crippen LogP contribution < -0.4 is 15.4 Å². The molecule has 0 saturated carbocycles. The third kappa shape index (κ3) is 4.41. The monoisotopic (exact) mass is 434 g/mol. The molecule has 1 aliphatic heterocycles. The summed E-state index contributed by atoms with van der Waals surface area (Å²) in [4.78, 5) is 25.2. The van der Waals surface area contributed by atoms with Crippen LogP contribution in [0.25, 0.3) is 0 Å². The van der Waals surface area contributed by atoms with Crippen LogP contribution in [0.3, 0.4) is 0 Å². The predicted molar refractivity (Wildman–Crippen MR) is 107 cm³/mol. The highest BCUT2D eigenvalue weighted by Crippen LogP contribution is 2.44. The fraction of sp³-hybridized carbons (Fsp3) is 0.273. The first-order valence-corrected chi connectivity index (χ1v) is 9.39. The van der Waals surface area contributed by atoms with Gasteiger partial charge < -0.3 is 20.5 Å². The SMILES string of the molecule is C=CCOc1ccc([C@H]2NC(=O)N[C@](O)(C(F)(F)F)[C@@H]2C(=O)c2ccc(C)cc2)cc1. The van der Waals surface area contributed by atoms with Crippen LogP contribution in [0.4, 0.5) is 18.0 Å². The normalized spacial score (nSPS) is 23.5. The zero-order valence-corrected chi connectivity index (χ0v) is 16.6. The van der Waals surface area contributed by atoms with Gasteiger partial charge in [-0.15, -0.1) is 0 Å². The Balaban J connectivity index is 2.07. The van der Waals surface area contributed by atoms with Crippen LogP contribution in [-0.4, -0.2) is 35.4 Å². The number of rotatable bonds is 6. The quantitative estimate of drug-likeness (QED) is 0.478. The van der Waals surface area contributed by atoms with Gasteiger partial charge in [0.05, 0.1) is 6.04 Å². The Morgan fingerprint density at radius 2 is 1.81 bits per heavy atom. The van der Waals surface area contributed by atoms with Crippen molar-refractivity contribution >= 4 is 11.8 Å². The van der Waals surface area contributed by atoms with E-state index in [9.17, 15) is 27.9 Å². The number of amides is 2. The van der Waals surface area contributed by atoms with Crippen LogP contribution in [0.5, 0.6) is 5.75 Å². The number of ether oxygens (including phenoxy) is 1. The molecule has 31 heavy (non-hydrogen) atoms. The number of nitrogens with one attached hydrogen (secondary N) is 2. The molecule has 164 valence electrons. The molecule has 0 bridgehead atoms. The number of alkyl halides is 3. The largest absolute Gasteiger partial charge is 0.490 e. The summed E-state index contributed by atoms with van der Waals surface area (Å²) >= 11 is 0. The summed E-state index contributed by atoms with van der Waals surface area (Å²) in [5.41, 5.74) is -2.77. The summed E-state index contributed by atoms with van der Waals surface area (Å²) in [5, 5.41) is 14.4. The van der Waals surface area contributed by atoms with Crippen LogP contribution in [0.2, 0.25) is 0 Å². The first-order valence-electron chi connectivity index (χ1n) is 9.39. The minimum absolute atomic E-state index is 0.0211. The lowest BCUT2D eigenvalue weighted by molar-refractivity contribution is -0.287. The second kappa shape index (κ2) is 8.43. The van der Waals surface area contributed by atoms with Crippen molar-refractivity contribution < 1.29 is 32.6 Å². The number of benzene rings is 2. The van der Waals surface area contributed by atoms with E-state index in [0.717, 1.165) is 5.56 Å². The molecule has 9 heteroatoms. The Hall–Kier alpha value is -3.33. The highest BCUT2D eigenvalue weighted by Gasteiger charge is 2.66. The molecule has 1 heterocycles. The summed E-state index contributed by atoms with van der Waals surface area (Å²) in [7, 11) is 0. The first-order chi connectivity index (χ1) is 14.6. The maximum atomic E-state index is 13.9. The number of ketones is 1. The summed E-state index contributed by atoms with van der Waals surface area (Å²) in [5.74, 6) is -2.62. The van der Waals surface area contributed by atoms with Crippen molar-refractivity contribution in [3.63, 3.8) is 0 Å². The number of Topliss-reactive ketones (excluding diaryl/α,β-unsaturated/α-hetero) is 1. The minimum atomic E-state index is -5.30. The van der Waals surface area contributed by atoms with Crippen molar-refractivity contribution in [3.8, 4) is 5.75 Å². The van der Waals surface area contributed by atoms with E-state index in [2.05, 4.69) is 11.9 Å². The van der Waals surface area contributed by atoms with Crippen LogP contribution in [0.15, 0.2) is 61.2 Å². The van der Waals surface area contributed by atoms with Crippen molar-refractivity contribution in [1.82, 2.24) is 10.6 Å². The smallest absolute Gasteiger partial charge is 0.437 e. The number of aliphatic hydroxyl groups is 1. The topological polar surface area (TPSA) is 87.7 Å². The van der Waals surface area contributed by atoms with Crippen molar-refractivity contribution in [3.05, 3.63) is 77.9 Å². The van der Waals surface area contributed by atoms with Crippen molar-refractivity contribution in [2.24, 2.45) is 5.92 Å². The van der Waals surface area contributed by atoms with Crippen LogP contribution >= 0.6 is 0 Å². The van der Waals surface area contributed by atoms with Gasteiger partial charge in [0, 0.05) is 5.56 Å². The molecule has 0 aliphatic carbocycles. The average molecular weight is 434 g/mol. The fourth-order valence-electron chi connectivity index (χ4n) is 3.44. The number of hydrogen-bond acceptors (Lipinski definition) is 4. The Morgan fingerprint density at radius 3 is 2.35 bits per heavy atom. The van der Waals surface area contributed by atoms with Crippen molar-refractivity contribution in [1.29, 1.82) is 0 Å². The van der Waals surface area contributed by atoms with Gasteiger partial charge in [-0.3, -0.25) is 4.79 Å². The van der Waals surface area contributed by atoms with Gasteiger partial charge in [0.15, 0.2) is 5.78 Å². The molecule has 1 fully saturated rings. The summed E-state index contributed by atoms with van der Waals surface area (Å²) in [6, 6.07) is 9.09. The van der Waals surface area contributed by atoms with Gasteiger partial charge in [0.1, 0.15) is 18.3 Å². The molecule has 2 amide bonds. The van der Waals surface area contributed by atoms with Crippen LogP contribution in [0.1, 0.15) is 27.5 Å². The van der Waals surface area contributed by atoms with E-state index in [-0.39, 0.29) is 17.7 Å². The average Bonchev–Trinajstić information content (AvgIpc) is 2.71. The maximum absolute atomic E-state index is 13.9. The third-order valence-corrected chi connectivity index (χ3v) is 5.03. The van der Waals surface area contributed by atoms with Gasteiger partial charge in [-0.25, -0.2) is 4.79 Å². The predicted octanol–water partition coefficient (Wildman–Crippen LogP) is 3.66. The number of carbonyl (C=O) groups is 2. The van der Waals surface area contributed by atoms with Crippen LogP contribution in [-0.2, 0) is 0 Å². The molecule has 2 aromatic carbocycles. The third-order valence-electron chi connectivity index (χ3n) is 5.03. The lowest BCUT2D eigenvalue weighted by Crippen LogP contribution is -2.72. The van der Waals surface area contributed by atoms with E-state index in [1.54, 1.807) is 19.1 Å². The fourth-order valence-corrected chi connectivity index (χ4v) is 3.44. The van der Waals surface area contributed by atoms with E-state index < -0.39 is 35.7 Å². The molecule has 0 spiro atoms. The van der Waals surface area contributed by atoms with Crippen molar-refractivity contribution in [2.75, 3.05) is 6.61 Å². The lowest BCUT2D eigenvalue weighted by Gasteiger charge is -2.45. The van der Waals surface area contributed by atoms with Crippen molar-refractivity contribution in [2.45, 2.75) is 24.9 Å². The Bertz CT molecular complexity index is 974. The number of hydrogen-bond donors (Lipinski definition) is 3. The zero-order valence-electron chi connectivity index (χ0n) is 16.6. The standard InChI is InChI=1S/C22H21F3N2O4/c1-3-12-31-16-10-8-14(9-11-16)18-17(19(28)15-6-4-13(2)5-7-15)21(30,22(23,24)25)27-20(29)26-18/h3-11,17-18,30H,1,12H2,2H3,(H2,26,27,29)/t17-,18+,21+/m0/s1. The summed E-state index contributed by atoms with van der Waals surface area (Å²) in [6.45, 7) is 5.52. The number of halogens is 3. The molecule has 0 aromatic heterocycles. The molecular weight excluding hydrogens is 413 g/mol. The molecule has 6 nitrogen and oxygen atoms in total. The second-order valence-electron chi connectivity index (χ2n) is 7.22. The zero-order chi connectivity index (χ0) is 22.8. The van der Waals surface area contributed by atoms with Gasteiger partial charge in [-0.1, -0.05) is 54.6 Å². The van der Waals surface area contributed by atoms with E-state index >= 15 is 0 Å². The Kier molecular flexibility index (Phi) is 6.08. The number of carbonyl (C=O) groups excluding carboxylic acids is 2. The molecule has 0 radical (unpaired) electrons. The Labute approximate surface area is 176 Å². The maximum Gasteiger partial charge on any atom is 0.437 e. The molecule has 2 aromatic rings. The van der Waals surface area contributed by atoms with E-state index in [1.165, 1.54) is 47.8 Å². The van der Waals surface area contributed by atoms with E-state index in [0.29, 0.717) is 5.75 Å². The van der Waals surface area contributed by atoms with Crippen LogP contribution in [0, 0.1) is 12.8 Å². The molecule has 1 saturated heterocycles. The van der Waals surface area contributed by atoms with Gasteiger partial charge in [0.2, 0.25) is 5.72 Å². The lowest BCUT2D eigenvalue weighted by atomic mass is 9.77. The first kappa shape index (κ1) is 22.4. The molecule has 0 unspecified atom stereocenters. The summed E-state index contributed by atoms with van der Waals surface area (Å²) < 4.78 is 47.1. The molecule has 3 atom stereocenters. The molecular formula is C22H21F3N2O4. The van der Waals surface area contributed by atoms with E-state index in [4.69, 9.17) is 4.74 Å². The highest BCUT2D eigenvalue weighted by molar-refractivity contribution is 6.00. The minimum Gasteiger partial charge on any atom is -0.490 e. The van der Waals surface area contributed by atoms with Gasteiger partial charge in [-0.2, -0.15) is 13.2 Å². The summed E-state index contributed by atoms with van der Waals surface area (Å²) in [6.07, 6.45) is -3.78. The second-order valence-corrected chi connectivity index (χ2v) is 7.22.